The van der Waals surface area contributed by atoms with Crippen LogP contribution in [0.25, 0.3) is 0 Å². The first-order valence-electron chi connectivity index (χ1n) is 8.84. The number of likely N-dealkylation sites (N-methyl/N-ethyl adjacent to an activating group) is 1. The lowest BCUT2D eigenvalue weighted by Gasteiger charge is -2.21. The fraction of sp³-hybridized carbons (Fsp3) is 0.350. The van der Waals surface area contributed by atoms with E-state index < -0.39 is 10.8 Å². The average molecular weight is 372 g/mol. The fourth-order valence-electron chi connectivity index (χ4n) is 2.78. The molecule has 2 rings (SSSR count). The first kappa shape index (κ1) is 20.2. The molecule has 0 N–H and O–H groups in total. The van der Waals surface area contributed by atoms with E-state index in [1.165, 1.54) is 19.2 Å². The van der Waals surface area contributed by atoms with Crippen molar-refractivity contribution in [3.8, 4) is 11.5 Å². The van der Waals surface area contributed by atoms with Crippen LogP contribution < -0.4 is 9.47 Å². The van der Waals surface area contributed by atoms with Crippen molar-refractivity contribution in [3.05, 3.63) is 63.7 Å². The quantitative estimate of drug-likeness (QED) is 0.495. The molecule has 0 atom stereocenters. The number of ether oxygens (including phenoxy) is 2. The molecule has 0 aliphatic carbocycles. The molecule has 0 saturated heterocycles. The third-order valence-electron chi connectivity index (χ3n) is 4.19. The topological polar surface area (TPSA) is 81.9 Å². The molecule has 0 spiro atoms. The van der Waals surface area contributed by atoms with Crippen molar-refractivity contribution in [1.82, 2.24) is 4.90 Å². The highest BCUT2D eigenvalue weighted by atomic mass is 16.6. The minimum atomic E-state index is -0.569. The molecular formula is C20H24N2O5. The van der Waals surface area contributed by atoms with Crippen LogP contribution in [0.2, 0.25) is 0 Å². The van der Waals surface area contributed by atoms with Gasteiger partial charge in [0.05, 0.1) is 24.7 Å². The van der Waals surface area contributed by atoms with Crippen molar-refractivity contribution < 1.29 is 19.2 Å². The molecule has 0 radical (unpaired) electrons. The summed E-state index contributed by atoms with van der Waals surface area (Å²) in [4.78, 5) is 25.5. The Morgan fingerprint density at radius 1 is 1.15 bits per heavy atom. The lowest BCUT2D eigenvalue weighted by Crippen LogP contribution is -2.33. The Labute approximate surface area is 158 Å². The number of carbonyl (C=O) groups excluding carboxylic acids is 1. The first-order valence-corrected chi connectivity index (χ1v) is 8.84. The second-order valence-electron chi connectivity index (χ2n) is 5.83. The number of nitro benzene ring substituents is 1. The van der Waals surface area contributed by atoms with E-state index in [2.05, 4.69) is 0 Å². The molecule has 144 valence electrons. The lowest BCUT2D eigenvalue weighted by molar-refractivity contribution is -0.385. The van der Waals surface area contributed by atoms with Crippen LogP contribution in [-0.2, 0) is 6.42 Å². The molecule has 7 heteroatoms. The molecule has 0 fully saturated rings. The molecule has 0 unspecified atom stereocenters. The third kappa shape index (κ3) is 4.97. The van der Waals surface area contributed by atoms with Crippen LogP contribution >= 0.6 is 0 Å². The summed E-state index contributed by atoms with van der Waals surface area (Å²) in [7, 11) is 1.44. The summed E-state index contributed by atoms with van der Waals surface area (Å²) in [6, 6.07) is 12.4. The van der Waals surface area contributed by atoms with E-state index in [-0.39, 0.29) is 17.0 Å². The van der Waals surface area contributed by atoms with Gasteiger partial charge in [0.2, 0.25) is 0 Å². The van der Waals surface area contributed by atoms with E-state index in [1.807, 2.05) is 37.3 Å². The molecule has 0 saturated carbocycles. The number of benzene rings is 2. The van der Waals surface area contributed by atoms with Gasteiger partial charge in [-0.1, -0.05) is 30.3 Å². The summed E-state index contributed by atoms with van der Waals surface area (Å²) in [5.41, 5.74) is 0.806. The zero-order valence-corrected chi connectivity index (χ0v) is 15.8. The predicted molar refractivity (Wildman–Crippen MR) is 103 cm³/mol. The van der Waals surface area contributed by atoms with Crippen LogP contribution in [0.3, 0.4) is 0 Å². The van der Waals surface area contributed by atoms with Gasteiger partial charge in [-0.2, -0.15) is 0 Å². The molecule has 0 aliphatic rings. The van der Waals surface area contributed by atoms with E-state index in [0.29, 0.717) is 31.9 Å². The average Bonchev–Trinajstić information content (AvgIpc) is 2.68. The highest BCUT2D eigenvalue weighted by Crippen LogP contribution is 2.35. The van der Waals surface area contributed by atoms with Gasteiger partial charge < -0.3 is 14.4 Å². The van der Waals surface area contributed by atoms with Crippen molar-refractivity contribution in [2.75, 3.05) is 26.8 Å². The Hall–Kier alpha value is -3.09. The second-order valence-corrected chi connectivity index (χ2v) is 5.83. The number of hydrogen-bond acceptors (Lipinski definition) is 5. The Morgan fingerprint density at radius 3 is 2.41 bits per heavy atom. The molecule has 0 bridgehead atoms. The number of nitro groups is 1. The summed E-state index contributed by atoms with van der Waals surface area (Å²) < 4.78 is 10.6. The number of amides is 1. The van der Waals surface area contributed by atoms with E-state index in [4.69, 9.17) is 9.47 Å². The van der Waals surface area contributed by atoms with E-state index in [1.54, 1.807) is 11.8 Å². The van der Waals surface area contributed by atoms with Gasteiger partial charge in [-0.15, -0.1) is 0 Å². The monoisotopic (exact) mass is 372 g/mol. The van der Waals surface area contributed by atoms with Crippen LogP contribution in [0.1, 0.15) is 29.8 Å². The highest BCUT2D eigenvalue weighted by Gasteiger charge is 2.27. The molecule has 1 amide bonds. The van der Waals surface area contributed by atoms with Crippen LogP contribution in [0.4, 0.5) is 5.69 Å². The Balaban J connectivity index is 2.32. The van der Waals surface area contributed by atoms with Crippen molar-refractivity contribution in [2.45, 2.75) is 20.3 Å². The van der Waals surface area contributed by atoms with Crippen molar-refractivity contribution in [3.63, 3.8) is 0 Å². The van der Waals surface area contributed by atoms with Gasteiger partial charge in [0.15, 0.2) is 11.5 Å². The first-order chi connectivity index (χ1) is 13.0. The van der Waals surface area contributed by atoms with Crippen LogP contribution in [-0.4, -0.2) is 42.5 Å². The summed E-state index contributed by atoms with van der Waals surface area (Å²) >= 11 is 0. The maximum Gasteiger partial charge on any atom is 0.286 e. The number of nitrogens with zero attached hydrogens (tertiary/aromatic N) is 2. The minimum Gasteiger partial charge on any atom is -0.493 e. The SMILES string of the molecule is CCOc1cc([N+](=O)[O-])c(C(=O)N(CC)CCc2ccccc2)cc1OC. The highest BCUT2D eigenvalue weighted by molar-refractivity contribution is 5.99. The van der Waals surface area contributed by atoms with E-state index in [9.17, 15) is 14.9 Å². The standard InChI is InChI=1S/C20H24N2O5/c1-4-21(12-11-15-9-7-6-8-10-15)20(23)16-13-18(26-3)19(27-5-2)14-17(16)22(24)25/h6-10,13-14H,4-5,11-12H2,1-3H3. The number of methoxy groups -OCH3 is 1. The maximum absolute atomic E-state index is 13.0. The Morgan fingerprint density at radius 2 is 1.85 bits per heavy atom. The largest absolute Gasteiger partial charge is 0.493 e. The number of rotatable bonds is 9. The number of hydrogen-bond donors (Lipinski definition) is 0. The predicted octanol–water partition coefficient (Wildman–Crippen LogP) is 3.71. The van der Waals surface area contributed by atoms with Gasteiger partial charge in [0.25, 0.3) is 11.6 Å². The molecule has 27 heavy (non-hydrogen) atoms. The lowest BCUT2D eigenvalue weighted by atomic mass is 10.1. The second kappa shape index (κ2) is 9.56. The molecule has 0 aromatic heterocycles. The van der Waals surface area contributed by atoms with Gasteiger partial charge in [-0.05, 0) is 25.8 Å². The molecule has 0 aliphatic heterocycles. The molecule has 2 aromatic rings. The summed E-state index contributed by atoms with van der Waals surface area (Å²) in [5, 5.41) is 11.5. The zero-order chi connectivity index (χ0) is 19.8. The molecule has 2 aromatic carbocycles. The van der Waals surface area contributed by atoms with Crippen LogP contribution in [0.5, 0.6) is 11.5 Å². The summed E-state index contributed by atoms with van der Waals surface area (Å²) in [6.07, 6.45) is 0.669. The van der Waals surface area contributed by atoms with Gasteiger partial charge in [-0.3, -0.25) is 14.9 Å². The van der Waals surface area contributed by atoms with Crippen LogP contribution in [0, 0.1) is 10.1 Å². The van der Waals surface area contributed by atoms with E-state index >= 15 is 0 Å². The molecule has 7 nitrogen and oxygen atoms in total. The van der Waals surface area contributed by atoms with Crippen molar-refractivity contribution >= 4 is 11.6 Å². The van der Waals surface area contributed by atoms with Gasteiger partial charge in [0, 0.05) is 19.2 Å². The number of carbonyl (C=O) groups is 1. The Kier molecular flexibility index (Phi) is 7.16. The smallest absolute Gasteiger partial charge is 0.286 e. The minimum absolute atomic E-state index is 0.00443. The van der Waals surface area contributed by atoms with Crippen molar-refractivity contribution in [2.24, 2.45) is 0 Å². The van der Waals surface area contributed by atoms with Gasteiger partial charge >= 0.3 is 0 Å². The normalized spacial score (nSPS) is 10.3. The summed E-state index contributed by atoms with van der Waals surface area (Å²) in [6.45, 7) is 4.86. The summed E-state index contributed by atoms with van der Waals surface area (Å²) in [5.74, 6) is 0.141. The van der Waals surface area contributed by atoms with Crippen molar-refractivity contribution in [1.29, 1.82) is 0 Å². The molecule has 0 heterocycles. The van der Waals surface area contributed by atoms with Gasteiger partial charge in [0.1, 0.15) is 5.56 Å². The third-order valence-corrected chi connectivity index (χ3v) is 4.19. The van der Waals surface area contributed by atoms with Gasteiger partial charge in [-0.25, -0.2) is 0 Å². The Bertz CT molecular complexity index is 792. The maximum atomic E-state index is 13.0. The van der Waals surface area contributed by atoms with E-state index in [0.717, 1.165) is 5.56 Å². The van der Waals surface area contributed by atoms with Crippen LogP contribution in [0.15, 0.2) is 42.5 Å². The molecular weight excluding hydrogens is 348 g/mol. The fourth-order valence-corrected chi connectivity index (χ4v) is 2.78. The zero-order valence-electron chi connectivity index (χ0n) is 15.8.